The number of carbonyl (C=O) groups excluding carboxylic acids is 2. The molecule has 0 spiro atoms. The molecule has 0 aromatic heterocycles. The van der Waals surface area contributed by atoms with E-state index in [-0.39, 0.29) is 13.2 Å². The SMILES string of the molecule is CC(=O)[C@@]1(OC(=O)OCc2ccccc2)O[C@@H]2COC(C)O[C@H]2[C@H](OCl)[C@H]1OCl. The molecule has 6 atom stereocenters. The van der Waals surface area contributed by atoms with Gasteiger partial charge in [0.25, 0.3) is 0 Å². The van der Waals surface area contributed by atoms with Gasteiger partial charge in [-0.2, -0.15) is 0 Å². The van der Waals surface area contributed by atoms with Crippen molar-refractivity contribution in [3.05, 3.63) is 35.9 Å². The van der Waals surface area contributed by atoms with Gasteiger partial charge in [-0.05, 0) is 12.5 Å². The first kappa shape index (κ1) is 22.2. The molecule has 0 radical (unpaired) electrons. The lowest BCUT2D eigenvalue weighted by Crippen LogP contribution is -2.71. The highest BCUT2D eigenvalue weighted by Gasteiger charge is 2.64. The molecule has 0 bridgehead atoms. The number of fused-ring (bicyclic) bond motifs is 1. The largest absolute Gasteiger partial charge is 0.511 e. The van der Waals surface area contributed by atoms with E-state index in [4.69, 9.17) is 56.0 Å². The van der Waals surface area contributed by atoms with E-state index in [2.05, 4.69) is 0 Å². The number of Topliss-reactive ketones (excluding diaryl/α,β-unsaturated/α-hetero) is 1. The molecule has 29 heavy (non-hydrogen) atoms. The number of ketones is 1. The predicted molar refractivity (Wildman–Crippen MR) is 97.7 cm³/mol. The zero-order chi connectivity index (χ0) is 21.0. The molecule has 1 aromatic carbocycles. The fraction of sp³-hybridized carbons (Fsp3) is 0.556. The second-order valence-corrected chi connectivity index (χ2v) is 6.93. The summed E-state index contributed by atoms with van der Waals surface area (Å²) < 4.78 is 37.0. The maximum atomic E-state index is 12.5. The van der Waals surface area contributed by atoms with Crippen molar-refractivity contribution in [3.63, 3.8) is 0 Å². The minimum Gasteiger partial charge on any atom is -0.429 e. The number of ether oxygens (including phenoxy) is 5. The summed E-state index contributed by atoms with van der Waals surface area (Å²) in [7, 11) is 0. The molecule has 160 valence electrons. The monoisotopic (exact) mass is 450 g/mol. The highest BCUT2D eigenvalue weighted by Crippen LogP contribution is 2.40. The molecule has 3 rings (SSSR count). The Morgan fingerprint density at radius 1 is 1.21 bits per heavy atom. The zero-order valence-electron chi connectivity index (χ0n) is 15.6. The Kier molecular flexibility index (Phi) is 7.33. The summed E-state index contributed by atoms with van der Waals surface area (Å²) in [6, 6.07) is 8.92. The number of hydrogen-bond donors (Lipinski definition) is 0. The van der Waals surface area contributed by atoms with Crippen LogP contribution in [0, 0.1) is 0 Å². The van der Waals surface area contributed by atoms with E-state index in [9.17, 15) is 9.59 Å². The minimum atomic E-state index is -2.27. The lowest BCUT2D eigenvalue weighted by Gasteiger charge is -2.50. The molecule has 0 saturated carbocycles. The van der Waals surface area contributed by atoms with Gasteiger partial charge >= 0.3 is 11.9 Å². The van der Waals surface area contributed by atoms with Gasteiger partial charge in [-0.3, -0.25) is 13.4 Å². The van der Waals surface area contributed by atoms with Crippen molar-refractivity contribution >= 4 is 35.7 Å². The van der Waals surface area contributed by atoms with Gasteiger partial charge in [0, 0.05) is 6.92 Å². The van der Waals surface area contributed by atoms with Crippen LogP contribution in [-0.2, 0) is 43.7 Å². The van der Waals surface area contributed by atoms with Crippen molar-refractivity contribution in [1.82, 2.24) is 0 Å². The normalized spacial score (nSPS) is 34.1. The van der Waals surface area contributed by atoms with Gasteiger partial charge in [0.2, 0.25) is 5.78 Å². The quantitative estimate of drug-likeness (QED) is 0.605. The Balaban J connectivity index is 1.81. The number of benzene rings is 1. The third-order valence-electron chi connectivity index (χ3n) is 4.66. The summed E-state index contributed by atoms with van der Waals surface area (Å²) in [5.41, 5.74) is 0.723. The van der Waals surface area contributed by atoms with Crippen LogP contribution in [0.2, 0.25) is 0 Å². The summed E-state index contributed by atoms with van der Waals surface area (Å²) in [6.07, 6.45) is -5.91. The summed E-state index contributed by atoms with van der Waals surface area (Å²) in [6.45, 7) is 2.77. The molecule has 0 aliphatic carbocycles. The Hall–Kier alpha value is -1.46. The maximum absolute atomic E-state index is 12.5. The highest BCUT2D eigenvalue weighted by molar-refractivity contribution is 6.08. The van der Waals surface area contributed by atoms with Crippen LogP contribution in [0.5, 0.6) is 0 Å². The molecule has 9 nitrogen and oxygen atoms in total. The molecule has 2 fully saturated rings. The molecular weight excluding hydrogens is 431 g/mol. The van der Waals surface area contributed by atoms with Crippen LogP contribution in [0.1, 0.15) is 19.4 Å². The van der Waals surface area contributed by atoms with Crippen molar-refractivity contribution in [2.45, 2.75) is 56.9 Å². The van der Waals surface area contributed by atoms with E-state index >= 15 is 0 Å². The maximum Gasteiger partial charge on any atom is 0.511 e. The smallest absolute Gasteiger partial charge is 0.429 e. The van der Waals surface area contributed by atoms with Crippen molar-refractivity contribution in [2.24, 2.45) is 0 Å². The van der Waals surface area contributed by atoms with Crippen LogP contribution in [0.4, 0.5) is 4.79 Å². The third-order valence-corrected chi connectivity index (χ3v) is 5.06. The summed E-state index contributed by atoms with van der Waals surface area (Å²) in [5.74, 6) is -2.99. The molecule has 1 unspecified atom stereocenters. The standard InChI is InChI=1S/C18H20Cl2O9/c1-10(21)18(27-17(22)24-8-12-6-4-3-5-7-12)16(29-20)15(28-19)14-13(26-18)9-23-11(2)25-14/h3-7,11,13-16H,8-9H2,1-2H3/t11?,13-,14-,15+,16-,18+/m1/s1. The van der Waals surface area contributed by atoms with Crippen molar-refractivity contribution < 1.29 is 41.9 Å². The Bertz CT molecular complexity index is 719. The van der Waals surface area contributed by atoms with Gasteiger partial charge in [-0.25, -0.2) is 4.79 Å². The van der Waals surface area contributed by atoms with Gasteiger partial charge < -0.3 is 23.7 Å². The lowest BCUT2D eigenvalue weighted by atomic mass is 9.90. The average Bonchev–Trinajstić information content (AvgIpc) is 2.72. The zero-order valence-corrected chi connectivity index (χ0v) is 17.1. The fourth-order valence-corrected chi connectivity index (χ4v) is 3.67. The Morgan fingerprint density at radius 2 is 1.93 bits per heavy atom. The van der Waals surface area contributed by atoms with Crippen LogP contribution >= 0.6 is 23.7 Å². The first-order valence-corrected chi connectivity index (χ1v) is 9.43. The summed E-state index contributed by atoms with van der Waals surface area (Å²) >= 11 is 11.2. The average molecular weight is 451 g/mol. The van der Waals surface area contributed by atoms with E-state index in [1.54, 1.807) is 31.2 Å². The summed E-state index contributed by atoms with van der Waals surface area (Å²) in [4.78, 5) is 24.9. The molecule has 0 N–H and O–H groups in total. The molecule has 2 heterocycles. The first-order valence-electron chi connectivity index (χ1n) is 8.81. The minimum absolute atomic E-state index is 0.0367. The molecule has 2 aliphatic rings. The highest BCUT2D eigenvalue weighted by atomic mass is 35.5. The second kappa shape index (κ2) is 9.57. The number of rotatable bonds is 6. The van der Waals surface area contributed by atoms with Crippen LogP contribution in [0.15, 0.2) is 30.3 Å². The number of hydrogen-bond acceptors (Lipinski definition) is 9. The van der Waals surface area contributed by atoms with Crippen LogP contribution in [0.25, 0.3) is 0 Å². The van der Waals surface area contributed by atoms with Crippen molar-refractivity contribution in [2.75, 3.05) is 6.61 Å². The van der Waals surface area contributed by atoms with E-state index in [0.29, 0.717) is 0 Å². The summed E-state index contributed by atoms with van der Waals surface area (Å²) in [5, 5.41) is 0. The lowest BCUT2D eigenvalue weighted by molar-refractivity contribution is -0.367. The first-order chi connectivity index (χ1) is 13.9. The van der Waals surface area contributed by atoms with E-state index in [1.165, 1.54) is 0 Å². The molecular formula is C18H20Cl2O9. The van der Waals surface area contributed by atoms with Gasteiger partial charge in [-0.1, -0.05) is 30.3 Å². The molecule has 0 amide bonds. The molecule has 11 heteroatoms. The molecule has 2 aliphatic heterocycles. The molecule has 2 saturated heterocycles. The van der Waals surface area contributed by atoms with Gasteiger partial charge in [0.15, 0.2) is 12.4 Å². The molecule has 1 aromatic rings. The van der Waals surface area contributed by atoms with Gasteiger partial charge in [0.05, 0.1) is 30.3 Å². The Labute approximate surface area is 177 Å². The second-order valence-electron chi connectivity index (χ2n) is 6.57. The van der Waals surface area contributed by atoms with Gasteiger partial charge in [-0.15, -0.1) is 0 Å². The number of carbonyl (C=O) groups is 2. The van der Waals surface area contributed by atoms with E-state index in [0.717, 1.165) is 12.5 Å². The van der Waals surface area contributed by atoms with Crippen LogP contribution in [0.3, 0.4) is 0 Å². The topological polar surface area (TPSA) is 98.8 Å². The fourth-order valence-electron chi connectivity index (χ4n) is 3.26. The van der Waals surface area contributed by atoms with Crippen molar-refractivity contribution in [3.8, 4) is 0 Å². The van der Waals surface area contributed by atoms with Gasteiger partial charge in [0.1, 0.15) is 24.9 Å². The Morgan fingerprint density at radius 3 is 2.55 bits per heavy atom. The van der Waals surface area contributed by atoms with Crippen molar-refractivity contribution in [1.29, 1.82) is 0 Å². The van der Waals surface area contributed by atoms with Crippen LogP contribution in [-0.4, -0.2) is 55.0 Å². The van der Waals surface area contributed by atoms with E-state index < -0.39 is 48.4 Å². The van der Waals surface area contributed by atoms with Crippen LogP contribution < -0.4 is 0 Å². The van der Waals surface area contributed by atoms with E-state index in [1.807, 2.05) is 6.07 Å². The third kappa shape index (κ3) is 4.66. The predicted octanol–water partition coefficient (Wildman–Crippen LogP) is 2.86. The number of halogens is 2.